The number of nitrogens with zero attached hydrogens (tertiary/aromatic N) is 1. The van der Waals surface area contributed by atoms with Crippen molar-refractivity contribution < 1.29 is 8.81 Å². The molecule has 5 heteroatoms. The minimum Gasteiger partial charge on any atom is -0.441 e. The highest BCUT2D eigenvalue weighted by Gasteiger charge is 2.09. The van der Waals surface area contributed by atoms with Crippen LogP contribution in [0.3, 0.4) is 0 Å². The van der Waals surface area contributed by atoms with E-state index in [1.165, 1.54) is 12.1 Å². The summed E-state index contributed by atoms with van der Waals surface area (Å²) in [6.07, 6.45) is 1.45. The molecule has 0 spiro atoms. The third kappa shape index (κ3) is 2.11. The van der Waals surface area contributed by atoms with E-state index in [9.17, 15) is 4.39 Å². The Morgan fingerprint density at radius 1 is 1.47 bits per heavy atom. The summed E-state index contributed by atoms with van der Waals surface area (Å²) in [6.45, 7) is 0.577. The van der Waals surface area contributed by atoms with Crippen LogP contribution in [0.25, 0.3) is 11.1 Å². The molecule has 0 aliphatic heterocycles. The molecule has 80 valence electrons. The van der Waals surface area contributed by atoms with E-state index in [1.54, 1.807) is 0 Å². The molecule has 0 bridgehead atoms. The average Bonchev–Trinajstić information content (AvgIpc) is 2.58. The van der Waals surface area contributed by atoms with Crippen molar-refractivity contribution in [1.29, 1.82) is 0 Å². The first-order chi connectivity index (χ1) is 7.20. The van der Waals surface area contributed by atoms with Crippen molar-refractivity contribution in [2.75, 3.05) is 6.54 Å². The van der Waals surface area contributed by atoms with E-state index in [0.29, 0.717) is 30.0 Å². The Balaban J connectivity index is 2.38. The van der Waals surface area contributed by atoms with E-state index in [1.807, 2.05) is 0 Å². The van der Waals surface area contributed by atoms with Crippen LogP contribution >= 0.6 is 11.6 Å². The lowest BCUT2D eigenvalue weighted by Gasteiger charge is -1.91. The second kappa shape index (κ2) is 4.16. The molecule has 0 atom stereocenters. The van der Waals surface area contributed by atoms with Gasteiger partial charge in [-0.3, -0.25) is 0 Å². The molecule has 1 heterocycles. The second-order valence-corrected chi connectivity index (χ2v) is 3.64. The lowest BCUT2D eigenvalue weighted by atomic mass is 10.3. The molecule has 0 unspecified atom stereocenters. The summed E-state index contributed by atoms with van der Waals surface area (Å²) in [7, 11) is 0. The smallest absolute Gasteiger partial charge is 0.195 e. The van der Waals surface area contributed by atoms with Gasteiger partial charge in [-0.1, -0.05) is 11.6 Å². The quantitative estimate of drug-likeness (QED) is 0.878. The molecule has 2 rings (SSSR count). The van der Waals surface area contributed by atoms with E-state index in [2.05, 4.69) is 4.98 Å². The van der Waals surface area contributed by atoms with Crippen LogP contribution in [0.15, 0.2) is 16.5 Å². The summed E-state index contributed by atoms with van der Waals surface area (Å²) in [4.78, 5) is 4.13. The largest absolute Gasteiger partial charge is 0.441 e. The zero-order valence-electron chi connectivity index (χ0n) is 7.96. The molecule has 2 aromatic rings. The standard InChI is InChI=1S/C10H10ClFN2O/c11-6-4-9-8(5-7(6)12)14-10(15-9)2-1-3-13/h4-5H,1-3,13H2. The summed E-state index contributed by atoms with van der Waals surface area (Å²) in [5.41, 5.74) is 6.37. The number of rotatable bonds is 3. The fourth-order valence-electron chi connectivity index (χ4n) is 1.33. The maximum absolute atomic E-state index is 13.1. The van der Waals surface area contributed by atoms with E-state index < -0.39 is 5.82 Å². The number of halogens is 2. The molecular formula is C10H10ClFN2O. The predicted molar refractivity (Wildman–Crippen MR) is 56.4 cm³/mol. The zero-order valence-corrected chi connectivity index (χ0v) is 8.72. The first kappa shape index (κ1) is 10.4. The Morgan fingerprint density at radius 3 is 3.00 bits per heavy atom. The van der Waals surface area contributed by atoms with E-state index in [-0.39, 0.29) is 5.02 Å². The SMILES string of the molecule is NCCCc1nc2cc(F)c(Cl)cc2o1. The first-order valence-electron chi connectivity index (χ1n) is 4.65. The van der Waals surface area contributed by atoms with Gasteiger partial charge in [0.2, 0.25) is 0 Å². The monoisotopic (exact) mass is 228 g/mol. The third-order valence-electron chi connectivity index (χ3n) is 2.07. The molecule has 1 aromatic heterocycles. The van der Waals surface area contributed by atoms with Crippen molar-refractivity contribution in [3.63, 3.8) is 0 Å². The number of hydrogen-bond acceptors (Lipinski definition) is 3. The van der Waals surface area contributed by atoms with E-state index in [4.69, 9.17) is 21.8 Å². The average molecular weight is 229 g/mol. The van der Waals surface area contributed by atoms with Crippen LogP contribution in [0, 0.1) is 5.82 Å². The number of hydrogen-bond donors (Lipinski definition) is 1. The van der Waals surface area contributed by atoms with Crippen LogP contribution in [0.4, 0.5) is 4.39 Å². The molecule has 0 aliphatic carbocycles. The van der Waals surface area contributed by atoms with Crippen molar-refractivity contribution in [3.8, 4) is 0 Å². The summed E-state index contributed by atoms with van der Waals surface area (Å²) in [5, 5.41) is 0.0454. The fourth-order valence-corrected chi connectivity index (χ4v) is 1.49. The van der Waals surface area contributed by atoms with Gasteiger partial charge in [-0.15, -0.1) is 0 Å². The predicted octanol–water partition coefficient (Wildman–Crippen LogP) is 2.51. The van der Waals surface area contributed by atoms with Crippen molar-refractivity contribution >= 4 is 22.7 Å². The van der Waals surface area contributed by atoms with Crippen LogP contribution in [0.1, 0.15) is 12.3 Å². The molecule has 0 fully saturated rings. The van der Waals surface area contributed by atoms with Gasteiger partial charge in [-0.25, -0.2) is 9.37 Å². The third-order valence-corrected chi connectivity index (χ3v) is 2.36. The molecular weight excluding hydrogens is 219 g/mol. The molecule has 0 radical (unpaired) electrons. The summed E-state index contributed by atoms with van der Waals surface area (Å²) in [6, 6.07) is 2.71. The van der Waals surface area contributed by atoms with Gasteiger partial charge in [0.05, 0.1) is 5.02 Å². The Labute approximate surface area is 91.0 Å². The maximum atomic E-state index is 13.1. The number of benzene rings is 1. The summed E-state index contributed by atoms with van der Waals surface area (Å²) < 4.78 is 18.5. The van der Waals surface area contributed by atoms with Gasteiger partial charge in [0, 0.05) is 18.6 Å². The number of nitrogens with two attached hydrogens (primary N) is 1. The summed E-state index contributed by atoms with van der Waals surface area (Å²) in [5.74, 6) is 0.0833. The minimum absolute atomic E-state index is 0.0454. The van der Waals surface area contributed by atoms with Gasteiger partial charge >= 0.3 is 0 Å². The normalized spacial score (nSPS) is 11.1. The van der Waals surface area contributed by atoms with Gasteiger partial charge in [0.25, 0.3) is 0 Å². The lowest BCUT2D eigenvalue weighted by molar-refractivity contribution is 0.521. The zero-order chi connectivity index (χ0) is 10.8. The molecule has 15 heavy (non-hydrogen) atoms. The fraction of sp³-hybridized carbons (Fsp3) is 0.300. The number of aryl methyl sites for hydroxylation is 1. The highest BCUT2D eigenvalue weighted by atomic mass is 35.5. The Hall–Kier alpha value is -1.13. The molecule has 0 aliphatic rings. The van der Waals surface area contributed by atoms with Crippen molar-refractivity contribution in [3.05, 3.63) is 28.9 Å². The van der Waals surface area contributed by atoms with Crippen LogP contribution in [0.5, 0.6) is 0 Å². The van der Waals surface area contributed by atoms with Crippen LogP contribution < -0.4 is 5.73 Å². The molecule has 1 aromatic carbocycles. The molecule has 0 saturated carbocycles. The van der Waals surface area contributed by atoms with Gasteiger partial charge in [-0.2, -0.15) is 0 Å². The Morgan fingerprint density at radius 2 is 2.27 bits per heavy atom. The highest BCUT2D eigenvalue weighted by Crippen LogP contribution is 2.23. The first-order valence-corrected chi connectivity index (χ1v) is 5.03. The van der Waals surface area contributed by atoms with Gasteiger partial charge in [-0.05, 0) is 13.0 Å². The van der Waals surface area contributed by atoms with Gasteiger partial charge < -0.3 is 10.2 Å². The van der Waals surface area contributed by atoms with Crippen LogP contribution in [-0.4, -0.2) is 11.5 Å². The minimum atomic E-state index is -0.483. The van der Waals surface area contributed by atoms with Crippen molar-refractivity contribution in [2.45, 2.75) is 12.8 Å². The van der Waals surface area contributed by atoms with Crippen LogP contribution in [-0.2, 0) is 6.42 Å². The number of aromatic nitrogens is 1. The topological polar surface area (TPSA) is 52.0 Å². The number of fused-ring (bicyclic) bond motifs is 1. The van der Waals surface area contributed by atoms with Crippen molar-refractivity contribution in [1.82, 2.24) is 4.98 Å². The van der Waals surface area contributed by atoms with E-state index in [0.717, 1.165) is 6.42 Å². The summed E-state index contributed by atoms with van der Waals surface area (Å²) >= 11 is 5.62. The second-order valence-electron chi connectivity index (χ2n) is 3.23. The molecule has 0 saturated heterocycles. The van der Waals surface area contributed by atoms with E-state index >= 15 is 0 Å². The lowest BCUT2D eigenvalue weighted by Crippen LogP contribution is -2.00. The maximum Gasteiger partial charge on any atom is 0.195 e. The van der Waals surface area contributed by atoms with Crippen molar-refractivity contribution in [2.24, 2.45) is 5.73 Å². The molecule has 2 N–H and O–H groups in total. The van der Waals surface area contributed by atoms with Gasteiger partial charge in [0.1, 0.15) is 11.3 Å². The number of oxazole rings is 1. The van der Waals surface area contributed by atoms with Crippen LogP contribution in [0.2, 0.25) is 5.02 Å². The Bertz CT molecular complexity index is 444. The Kier molecular flexibility index (Phi) is 2.88. The molecule has 3 nitrogen and oxygen atoms in total. The van der Waals surface area contributed by atoms with Gasteiger partial charge in [0.15, 0.2) is 11.5 Å². The highest BCUT2D eigenvalue weighted by molar-refractivity contribution is 6.31. The molecule has 0 amide bonds.